The molecule has 0 heterocycles. The number of benzene rings is 2. The van der Waals surface area contributed by atoms with Crippen LogP contribution in [0.1, 0.15) is 54.8 Å². The third-order valence-electron chi connectivity index (χ3n) is 5.07. The summed E-state index contributed by atoms with van der Waals surface area (Å²) in [6, 6.07) is 16.7. The summed E-state index contributed by atoms with van der Waals surface area (Å²) in [5.74, 6) is -1.19. The minimum atomic E-state index is -1.02. The molecule has 2 aromatic carbocycles. The van der Waals surface area contributed by atoms with Crippen LogP contribution in [-0.4, -0.2) is 65.0 Å². The number of esters is 1. The second-order valence-electron chi connectivity index (χ2n) is 9.10. The van der Waals surface area contributed by atoms with Crippen molar-refractivity contribution < 1.29 is 23.9 Å². The molecule has 2 aromatic rings. The van der Waals surface area contributed by atoms with Gasteiger partial charge in [-0.3, -0.25) is 0 Å². The van der Waals surface area contributed by atoms with E-state index in [4.69, 9.17) is 4.74 Å². The number of allylic oxidation sites excluding steroid dienone is 2. The molecule has 8 heteroatoms. The third kappa shape index (κ3) is 7.49. The van der Waals surface area contributed by atoms with Crippen LogP contribution < -0.4 is 9.78 Å². The van der Waals surface area contributed by atoms with Crippen molar-refractivity contribution >= 4 is 57.8 Å². The molecule has 0 saturated heterocycles. The molecule has 1 aliphatic carbocycles. The van der Waals surface area contributed by atoms with Gasteiger partial charge in [0.1, 0.15) is 0 Å². The Morgan fingerprint density at radius 2 is 1.51 bits per heavy atom. The van der Waals surface area contributed by atoms with E-state index in [9.17, 15) is 19.2 Å². The Labute approximate surface area is 218 Å². The molecule has 1 unspecified atom stereocenters. The number of fused-ring (bicyclic) bond motifs is 1. The molecular formula is C27H29NO5Se2. The molecule has 1 aliphatic rings. The van der Waals surface area contributed by atoms with Crippen molar-refractivity contribution in [3.05, 3.63) is 75.8 Å². The van der Waals surface area contributed by atoms with Crippen molar-refractivity contribution in [2.75, 3.05) is 0 Å². The molecule has 35 heavy (non-hydrogen) atoms. The van der Waals surface area contributed by atoms with Crippen LogP contribution in [0.15, 0.2) is 64.6 Å². The van der Waals surface area contributed by atoms with Gasteiger partial charge in [0, 0.05) is 0 Å². The molecule has 1 amide bonds. The molecule has 0 aromatic heterocycles. The Kier molecular flexibility index (Phi) is 9.26. The fraction of sp³-hybridized carbons (Fsp3) is 0.333. The topological polar surface area (TPSA) is 89.5 Å². The first kappa shape index (κ1) is 27.1. The Hall–Kier alpha value is -2.50. The van der Waals surface area contributed by atoms with Crippen LogP contribution in [0.3, 0.4) is 0 Å². The van der Waals surface area contributed by atoms with Crippen LogP contribution in [-0.2, 0) is 14.3 Å². The monoisotopic (exact) mass is 607 g/mol. The van der Waals surface area contributed by atoms with Gasteiger partial charge < -0.3 is 0 Å². The second kappa shape index (κ2) is 12.0. The Balaban J connectivity index is 1.68. The first-order valence-corrected chi connectivity index (χ1v) is 15.4. The summed E-state index contributed by atoms with van der Waals surface area (Å²) >= 11 is -0.393. The molecule has 1 atom stereocenters. The average Bonchev–Trinajstić information content (AvgIpc) is 2.81. The van der Waals surface area contributed by atoms with Gasteiger partial charge in [0.15, 0.2) is 0 Å². The van der Waals surface area contributed by atoms with Crippen molar-refractivity contribution in [2.24, 2.45) is 0 Å². The van der Waals surface area contributed by atoms with E-state index in [-0.39, 0.29) is 38.3 Å². The van der Waals surface area contributed by atoms with E-state index < -0.39 is 38.5 Å². The number of nitrogens with one attached hydrogen (secondary N) is 1. The van der Waals surface area contributed by atoms with Gasteiger partial charge in [0.25, 0.3) is 0 Å². The maximum absolute atomic E-state index is 13.1. The van der Waals surface area contributed by atoms with E-state index in [0.29, 0.717) is 26.5 Å². The predicted octanol–water partition coefficient (Wildman–Crippen LogP) is 3.13. The molecule has 1 N–H and O–H groups in total. The standard InChI is InChI=1S/C27H29NO5Se2/c1-17-23(30)19-12-8-9-13-20(19)24(31)25(17)35-16-21(26(32)28-27(2,3)4)33-22(29)14-15-34-18-10-6-5-7-11-18/h5-13,21H,14-16H2,1-4H3,(H,28,32). The summed E-state index contributed by atoms with van der Waals surface area (Å²) in [4.78, 5) is 51.4. The average molecular weight is 605 g/mol. The summed E-state index contributed by atoms with van der Waals surface area (Å²) < 4.78 is 7.23. The number of carbonyl (C=O) groups is 4. The predicted molar refractivity (Wildman–Crippen MR) is 137 cm³/mol. The molecule has 0 bridgehead atoms. The van der Waals surface area contributed by atoms with Gasteiger partial charge in [-0.1, -0.05) is 0 Å². The van der Waals surface area contributed by atoms with E-state index in [1.807, 2.05) is 51.1 Å². The van der Waals surface area contributed by atoms with E-state index in [1.165, 1.54) is 4.46 Å². The molecule has 6 nitrogen and oxygen atoms in total. The van der Waals surface area contributed by atoms with Crippen LogP contribution in [0.5, 0.6) is 0 Å². The van der Waals surface area contributed by atoms with Crippen molar-refractivity contribution in [3.8, 4) is 0 Å². The molecule has 0 spiro atoms. The van der Waals surface area contributed by atoms with Crippen LogP contribution in [0.4, 0.5) is 0 Å². The van der Waals surface area contributed by atoms with Crippen LogP contribution in [0.2, 0.25) is 10.6 Å². The zero-order valence-corrected chi connectivity index (χ0v) is 23.7. The Morgan fingerprint density at radius 3 is 2.14 bits per heavy atom. The Morgan fingerprint density at radius 1 is 0.914 bits per heavy atom. The third-order valence-corrected chi connectivity index (χ3v) is 9.81. The molecule has 0 fully saturated rings. The quantitative estimate of drug-likeness (QED) is 0.351. The number of rotatable bonds is 9. The van der Waals surface area contributed by atoms with Gasteiger partial charge in [-0.05, 0) is 0 Å². The van der Waals surface area contributed by atoms with Crippen LogP contribution in [0, 0.1) is 0 Å². The number of hydrogen-bond acceptors (Lipinski definition) is 5. The molecule has 0 saturated carbocycles. The van der Waals surface area contributed by atoms with Crippen molar-refractivity contribution in [1.82, 2.24) is 5.32 Å². The normalized spacial score (nSPS) is 14.4. The Bertz CT molecular complexity index is 1150. The SMILES string of the molecule is CC1=C([Se]CC(OC(=O)CC[Se]c2ccccc2)C(=O)NC(C)(C)C)C(=O)c2ccccc2C1=O. The number of ketones is 2. The van der Waals surface area contributed by atoms with Crippen LogP contribution >= 0.6 is 0 Å². The number of Topliss-reactive ketones (excluding diaryl/α,β-unsaturated/α-hetero) is 2. The summed E-state index contributed by atoms with van der Waals surface area (Å²) in [5, 5.41) is 3.72. The zero-order chi connectivity index (χ0) is 25.6. The number of hydrogen-bond donors (Lipinski definition) is 1. The van der Waals surface area contributed by atoms with Gasteiger partial charge in [0.2, 0.25) is 0 Å². The van der Waals surface area contributed by atoms with Gasteiger partial charge >= 0.3 is 219 Å². The number of amides is 1. The molecule has 0 radical (unpaired) electrons. The summed E-state index contributed by atoms with van der Waals surface area (Å²) in [7, 11) is 0. The van der Waals surface area contributed by atoms with E-state index in [2.05, 4.69) is 5.32 Å². The molecule has 3 rings (SSSR count). The van der Waals surface area contributed by atoms with E-state index in [0.717, 1.165) is 0 Å². The maximum atomic E-state index is 13.1. The zero-order valence-electron chi connectivity index (χ0n) is 20.3. The molecule has 0 aliphatic heterocycles. The van der Waals surface area contributed by atoms with E-state index in [1.54, 1.807) is 31.2 Å². The number of carbonyl (C=O) groups excluding carboxylic acids is 4. The van der Waals surface area contributed by atoms with E-state index >= 15 is 0 Å². The van der Waals surface area contributed by atoms with Crippen molar-refractivity contribution in [2.45, 2.75) is 56.4 Å². The van der Waals surface area contributed by atoms with Crippen LogP contribution in [0.25, 0.3) is 0 Å². The first-order valence-electron chi connectivity index (χ1n) is 11.3. The van der Waals surface area contributed by atoms with Crippen molar-refractivity contribution in [1.29, 1.82) is 0 Å². The van der Waals surface area contributed by atoms with Crippen molar-refractivity contribution in [3.63, 3.8) is 0 Å². The summed E-state index contributed by atoms with van der Waals surface area (Å²) in [5.41, 5.74) is 0.690. The molecule has 184 valence electrons. The second-order valence-corrected chi connectivity index (χ2v) is 13.7. The first-order chi connectivity index (χ1) is 16.6. The van der Waals surface area contributed by atoms with Gasteiger partial charge in [-0.25, -0.2) is 0 Å². The minimum absolute atomic E-state index is 0.136. The molecular weight excluding hydrogens is 576 g/mol. The van der Waals surface area contributed by atoms with Gasteiger partial charge in [-0.2, -0.15) is 0 Å². The van der Waals surface area contributed by atoms with Gasteiger partial charge in [-0.15, -0.1) is 0 Å². The summed E-state index contributed by atoms with van der Waals surface area (Å²) in [6.07, 6.45) is -0.806. The van der Waals surface area contributed by atoms with Gasteiger partial charge in [0.05, 0.1) is 0 Å². The number of ether oxygens (including phenoxy) is 1. The fourth-order valence-electron chi connectivity index (χ4n) is 3.41. The fourth-order valence-corrected chi connectivity index (χ4v) is 7.48. The summed E-state index contributed by atoms with van der Waals surface area (Å²) in [6.45, 7) is 7.20.